The summed E-state index contributed by atoms with van der Waals surface area (Å²) in [6.45, 7) is 3.47. The van der Waals surface area contributed by atoms with Gasteiger partial charge in [0.2, 0.25) is 5.95 Å². The predicted octanol–water partition coefficient (Wildman–Crippen LogP) is 2.07. The van der Waals surface area contributed by atoms with Crippen molar-refractivity contribution >= 4 is 11.8 Å². The number of imidazole rings is 1. The van der Waals surface area contributed by atoms with Crippen LogP contribution >= 0.6 is 0 Å². The van der Waals surface area contributed by atoms with Crippen molar-refractivity contribution in [2.45, 2.75) is 37.3 Å². The molecule has 1 aliphatic carbocycles. The number of hydrogen-bond acceptors (Lipinski definition) is 6. The minimum absolute atomic E-state index is 0.100. The lowest BCUT2D eigenvalue weighted by atomic mass is 9.72. The van der Waals surface area contributed by atoms with Crippen LogP contribution in [0.1, 0.15) is 35.6 Å². The van der Waals surface area contributed by atoms with Crippen LogP contribution in [0.25, 0.3) is 0 Å². The van der Waals surface area contributed by atoms with Gasteiger partial charge in [-0.2, -0.15) is 4.98 Å². The molecule has 3 N–H and O–H groups in total. The van der Waals surface area contributed by atoms with Gasteiger partial charge in [-0.05, 0) is 30.9 Å². The van der Waals surface area contributed by atoms with Crippen molar-refractivity contribution in [3.63, 3.8) is 0 Å². The second-order valence-corrected chi connectivity index (χ2v) is 7.87. The number of aliphatic hydroxyl groups is 1. The van der Waals surface area contributed by atoms with E-state index in [0.29, 0.717) is 11.8 Å². The van der Waals surface area contributed by atoms with Crippen LogP contribution < -0.4 is 10.6 Å². The summed E-state index contributed by atoms with van der Waals surface area (Å²) in [6, 6.07) is 8.32. The highest BCUT2D eigenvalue weighted by Gasteiger charge is 2.53. The second-order valence-electron chi connectivity index (χ2n) is 7.87. The maximum atomic E-state index is 11.5. The SMILES string of the molecule is Cc1cnc(N2CCC3(CC2)c2ccccc2[C@@H](n2ccnc2)[C@@H]3O)nc1N. The molecule has 3 aromatic rings. The van der Waals surface area contributed by atoms with Crippen molar-refractivity contribution in [2.24, 2.45) is 0 Å². The summed E-state index contributed by atoms with van der Waals surface area (Å²) in [7, 11) is 0. The Kier molecular flexibility index (Phi) is 3.87. The van der Waals surface area contributed by atoms with E-state index in [2.05, 4.69) is 38.1 Å². The van der Waals surface area contributed by atoms with Gasteiger partial charge in [-0.1, -0.05) is 24.3 Å². The van der Waals surface area contributed by atoms with Gasteiger partial charge in [0.1, 0.15) is 5.82 Å². The van der Waals surface area contributed by atoms with E-state index in [-0.39, 0.29) is 11.5 Å². The number of nitrogens with two attached hydrogens (primary N) is 1. The first kappa shape index (κ1) is 17.2. The molecule has 7 nitrogen and oxygen atoms in total. The number of anilines is 2. The first-order chi connectivity index (χ1) is 13.6. The number of aryl methyl sites for hydroxylation is 1. The standard InChI is InChI=1S/C21H24N6O/c1-14-12-24-20(25-19(14)22)26-9-6-21(7-10-26)16-5-3-2-4-15(16)17(18(21)28)27-11-8-23-13-27/h2-5,8,11-13,17-18,28H,6-7,9-10H2,1H3,(H2,22,24,25)/t17-,18+/m1/s1. The molecule has 0 bridgehead atoms. The molecule has 1 saturated heterocycles. The van der Waals surface area contributed by atoms with Gasteiger partial charge >= 0.3 is 0 Å². The summed E-state index contributed by atoms with van der Waals surface area (Å²) in [4.78, 5) is 15.3. The largest absolute Gasteiger partial charge is 0.390 e. The van der Waals surface area contributed by atoms with Gasteiger partial charge in [-0.3, -0.25) is 0 Å². The van der Waals surface area contributed by atoms with Gasteiger partial charge in [0.15, 0.2) is 0 Å². The quantitative estimate of drug-likeness (QED) is 0.711. The van der Waals surface area contributed by atoms with Crippen molar-refractivity contribution < 1.29 is 5.11 Å². The molecule has 1 fully saturated rings. The van der Waals surface area contributed by atoms with E-state index in [0.717, 1.165) is 31.5 Å². The van der Waals surface area contributed by atoms with E-state index in [1.165, 1.54) is 11.1 Å². The van der Waals surface area contributed by atoms with Gasteiger partial charge in [0.05, 0.1) is 18.5 Å². The number of piperidine rings is 1. The van der Waals surface area contributed by atoms with E-state index in [4.69, 9.17) is 5.73 Å². The fourth-order valence-electron chi connectivity index (χ4n) is 4.87. The number of benzene rings is 1. The van der Waals surface area contributed by atoms with Crippen molar-refractivity contribution in [1.82, 2.24) is 19.5 Å². The second kappa shape index (κ2) is 6.31. The molecule has 0 saturated carbocycles. The zero-order valence-corrected chi connectivity index (χ0v) is 15.9. The number of hydrogen-bond donors (Lipinski definition) is 2. The lowest BCUT2D eigenvalue weighted by Gasteiger charge is -2.42. The number of fused-ring (bicyclic) bond motifs is 2. The van der Waals surface area contributed by atoms with Crippen LogP contribution in [0.5, 0.6) is 0 Å². The maximum absolute atomic E-state index is 11.5. The highest BCUT2D eigenvalue weighted by atomic mass is 16.3. The molecule has 2 atom stereocenters. The van der Waals surface area contributed by atoms with Gasteiger partial charge in [-0.25, -0.2) is 9.97 Å². The van der Waals surface area contributed by atoms with Gasteiger partial charge in [0, 0.05) is 42.7 Å². The van der Waals surface area contributed by atoms with Crippen molar-refractivity contribution in [2.75, 3.05) is 23.7 Å². The lowest BCUT2D eigenvalue weighted by Crippen LogP contribution is -2.49. The Morgan fingerprint density at radius 2 is 2.00 bits per heavy atom. The van der Waals surface area contributed by atoms with Crippen molar-refractivity contribution in [1.29, 1.82) is 0 Å². The summed E-state index contributed by atoms with van der Waals surface area (Å²) >= 11 is 0. The number of rotatable bonds is 2. The van der Waals surface area contributed by atoms with E-state index < -0.39 is 6.10 Å². The highest BCUT2D eigenvalue weighted by Crippen LogP contribution is 2.52. The molecule has 0 amide bonds. The van der Waals surface area contributed by atoms with Crippen molar-refractivity contribution in [3.8, 4) is 0 Å². The number of nitrogen functional groups attached to an aromatic ring is 1. The van der Waals surface area contributed by atoms with Gasteiger partial charge in [0.25, 0.3) is 0 Å². The van der Waals surface area contributed by atoms with Crippen LogP contribution in [0.3, 0.4) is 0 Å². The molecule has 1 aliphatic heterocycles. The predicted molar refractivity (Wildman–Crippen MR) is 107 cm³/mol. The average Bonchev–Trinajstić information content (AvgIpc) is 3.31. The Hall–Kier alpha value is -2.93. The molecule has 0 unspecified atom stereocenters. The number of nitrogens with zero attached hydrogens (tertiary/aromatic N) is 5. The smallest absolute Gasteiger partial charge is 0.227 e. The minimum atomic E-state index is -0.495. The van der Waals surface area contributed by atoms with E-state index in [1.807, 2.05) is 23.8 Å². The van der Waals surface area contributed by atoms with Gasteiger partial charge in [-0.15, -0.1) is 0 Å². The molecule has 2 aliphatic rings. The Morgan fingerprint density at radius 3 is 2.71 bits per heavy atom. The van der Waals surface area contributed by atoms with Crippen LogP contribution in [0.15, 0.2) is 49.2 Å². The Bertz CT molecular complexity index is 994. The first-order valence-electron chi connectivity index (χ1n) is 9.69. The van der Waals surface area contributed by atoms with Crippen LogP contribution in [-0.2, 0) is 5.41 Å². The Balaban J connectivity index is 1.47. The normalized spacial score (nSPS) is 23.1. The zero-order chi connectivity index (χ0) is 19.3. The third-order valence-corrected chi connectivity index (χ3v) is 6.46. The molecule has 0 radical (unpaired) electrons. The van der Waals surface area contributed by atoms with Crippen molar-refractivity contribution in [3.05, 3.63) is 65.9 Å². The fourth-order valence-corrected chi connectivity index (χ4v) is 4.87. The first-order valence-corrected chi connectivity index (χ1v) is 9.69. The number of aromatic nitrogens is 4. The summed E-state index contributed by atoms with van der Waals surface area (Å²) in [5, 5.41) is 11.5. The van der Waals surface area contributed by atoms with Crippen LogP contribution in [0.2, 0.25) is 0 Å². The molecule has 5 rings (SSSR count). The van der Waals surface area contributed by atoms with Crippen LogP contribution in [-0.4, -0.2) is 43.8 Å². The molecule has 144 valence electrons. The molecule has 1 aromatic carbocycles. The fraction of sp³-hybridized carbons (Fsp3) is 0.381. The zero-order valence-electron chi connectivity index (χ0n) is 15.9. The molecule has 28 heavy (non-hydrogen) atoms. The average molecular weight is 376 g/mol. The maximum Gasteiger partial charge on any atom is 0.227 e. The summed E-state index contributed by atoms with van der Waals surface area (Å²) in [5.41, 5.74) is 9.04. The molecule has 3 heterocycles. The van der Waals surface area contributed by atoms with E-state index in [9.17, 15) is 5.11 Å². The molecule has 7 heteroatoms. The van der Waals surface area contributed by atoms with E-state index in [1.54, 1.807) is 18.7 Å². The van der Waals surface area contributed by atoms with Crippen LogP contribution in [0, 0.1) is 6.92 Å². The lowest BCUT2D eigenvalue weighted by molar-refractivity contribution is 0.0491. The minimum Gasteiger partial charge on any atom is -0.390 e. The molecular weight excluding hydrogens is 352 g/mol. The molecular formula is C21H24N6O. The Morgan fingerprint density at radius 1 is 1.21 bits per heavy atom. The topological polar surface area (TPSA) is 93.1 Å². The third kappa shape index (κ3) is 2.43. The van der Waals surface area contributed by atoms with E-state index >= 15 is 0 Å². The van der Waals surface area contributed by atoms with Gasteiger partial charge < -0.3 is 20.3 Å². The summed E-state index contributed by atoms with van der Waals surface area (Å²) in [6.07, 6.45) is 8.45. The molecule has 1 spiro atoms. The summed E-state index contributed by atoms with van der Waals surface area (Å²) < 4.78 is 2.02. The highest BCUT2D eigenvalue weighted by molar-refractivity contribution is 5.48. The summed E-state index contributed by atoms with van der Waals surface area (Å²) in [5.74, 6) is 1.20. The van der Waals surface area contributed by atoms with Crippen LogP contribution in [0.4, 0.5) is 11.8 Å². The third-order valence-electron chi connectivity index (χ3n) is 6.46. The number of aliphatic hydroxyl groups excluding tert-OH is 1. The molecule has 2 aromatic heterocycles. The monoisotopic (exact) mass is 376 g/mol. The Labute approximate surface area is 163 Å².